The Morgan fingerprint density at radius 3 is 2.40 bits per heavy atom. The van der Waals surface area contributed by atoms with E-state index >= 15 is 0 Å². The lowest BCUT2D eigenvalue weighted by Crippen LogP contribution is -2.34. The molecule has 0 spiro atoms. The number of likely N-dealkylation sites (N-methyl/N-ethyl adjacent to an activating group) is 1. The molecule has 1 aromatic rings. The van der Waals surface area contributed by atoms with Crippen molar-refractivity contribution in [2.45, 2.75) is 18.7 Å². The molecule has 0 saturated carbocycles. The summed E-state index contributed by atoms with van der Waals surface area (Å²) in [6.45, 7) is 4.39. The zero-order chi connectivity index (χ0) is 15.3. The molecule has 1 amide bonds. The minimum Gasteiger partial charge on any atom is -0.481 e. The molecule has 0 atom stereocenters. The van der Waals surface area contributed by atoms with Crippen molar-refractivity contribution >= 4 is 25.6 Å². The maximum Gasteiger partial charge on any atom is 0.261 e. The average molecular weight is 324 g/mol. The van der Waals surface area contributed by atoms with Crippen LogP contribution in [0, 0.1) is 5.82 Å². The van der Waals surface area contributed by atoms with E-state index in [1.54, 1.807) is 0 Å². The van der Waals surface area contributed by atoms with Gasteiger partial charge in [-0.2, -0.15) is 0 Å². The van der Waals surface area contributed by atoms with E-state index in [9.17, 15) is 17.6 Å². The highest BCUT2D eigenvalue weighted by Gasteiger charge is 2.15. The first-order valence-corrected chi connectivity index (χ1v) is 8.25. The van der Waals surface area contributed by atoms with Crippen LogP contribution < -0.4 is 4.74 Å². The van der Waals surface area contributed by atoms with E-state index in [0.717, 1.165) is 18.2 Å². The normalized spacial score (nSPS) is 11.2. The minimum absolute atomic E-state index is 0.199. The molecule has 0 aliphatic carbocycles. The Hall–Kier alpha value is -1.34. The van der Waals surface area contributed by atoms with E-state index in [2.05, 4.69) is 0 Å². The molecule has 0 aromatic heterocycles. The summed E-state index contributed by atoms with van der Waals surface area (Å²) >= 11 is 0. The van der Waals surface area contributed by atoms with E-state index in [4.69, 9.17) is 15.4 Å². The fourth-order valence-electron chi connectivity index (χ4n) is 1.56. The van der Waals surface area contributed by atoms with Crippen molar-refractivity contribution in [1.82, 2.24) is 4.90 Å². The standard InChI is InChI=1S/C12H15ClFNO4S/c1-3-15(4-2)12(16)8-19-11-6-5-9(7-10(11)14)20(13,17)18/h5-7H,3-4,8H2,1-2H3. The van der Waals surface area contributed by atoms with Crippen molar-refractivity contribution in [3.8, 4) is 5.75 Å². The van der Waals surface area contributed by atoms with E-state index in [1.165, 1.54) is 4.90 Å². The van der Waals surface area contributed by atoms with E-state index in [-0.39, 0.29) is 23.2 Å². The van der Waals surface area contributed by atoms with Gasteiger partial charge in [0, 0.05) is 23.8 Å². The first-order chi connectivity index (χ1) is 9.29. The lowest BCUT2D eigenvalue weighted by molar-refractivity contribution is -0.133. The zero-order valence-electron chi connectivity index (χ0n) is 11.1. The van der Waals surface area contributed by atoms with Gasteiger partial charge in [0.05, 0.1) is 4.90 Å². The molecule has 20 heavy (non-hydrogen) atoms. The third kappa shape index (κ3) is 4.35. The number of amides is 1. The molecule has 1 aromatic carbocycles. The van der Waals surface area contributed by atoms with Gasteiger partial charge in [-0.15, -0.1) is 0 Å². The maximum atomic E-state index is 13.6. The SMILES string of the molecule is CCN(CC)C(=O)COc1ccc(S(=O)(=O)Cl)cc1F. The molecule has 0 bridgehead atoms. The van der Waals surface area contributed by atoms with E-state index < -0.39 is 14.9 Å². The van der Waals surface area contributed by atoms with Crippen molar-refractivity contribution in [1.29, 1.82) is 0 Å². The van der Waals surface area contributed by atoms with Gasteiger partial charge in [0.2, 0.25) is 0 Å². The second-order valence-electron chi connectivity index (χ2n) is 3.88. The fraction of sp³-hybridized carbons (Fsp3) is 0.417. The van der Waals surface area contributed by atoms with Crippen molar-refractivity contribution in [3.05, 3.63) is 24.0 Å². The lowest BCUT2D eigenvalue weighted by atomic mass is 10.3. The highest BCUT2D eigenvalue weighted by Crippen LogP contribution is 2.23. The highest BCUT2D eigenvalue weighted by molar-refractivity contribution is 8.13. The number of hydrogen-bond donors (Lipinski definition) is 0. The number of halogens is 2. The molecule has 0 aliphatic rings. The summed E-state index contributed by atoms with van der Waals surface area (Å²) in [5.74, 6) is -1.36. The Bertz CT molecular complexity index is 587. The molecule has 0 aliphatic heterocycles. The molecule has 1 rings (SSSR count). The smallest absolute Gasteiger partial charge is 0.261 e. The van der Waals surface area contributed by atoms with Crippen molar-refractivity contribution in [3.63, 3.8) is 0 Å². The van der Waals surface area contributed by atoms with Crippen LogP contribution in [0.5, 0.6) is 5.75 Å². The number of nitrogens with zero attached hydrogens (tertiary/aromatic N) is 1. The quantitative estimate of drug-likeness (QED) is 0.751. The average Bonchev–Trinajstić information content (AvgIpc) is 2.37. The number of ether oxygens (including phenoxy) is 1. The molecule has 0 heterocycles. The van der Waals surface area contributed by atoms with Crippen LogP contribution in [0.25, 0.3) is 0 Å². The van der Waals surface area contributed by atoms with Gasteiger partial charge < -0.3 is 9.64 Å². The molecule has 0 fully saturated rings. The van der Waals surface area contributed by atoms with Gasteiger partial charge in [0.15, 0.2) is 18.2 Å². The third-order valence-electron chi connectivity index (χ3n) is 2.65. The fourth-order valence-corrected chi connectivity index (χ4v) is 2.32. The summed E-state index contributed by atoms with van der Waals surface area (Å²) in [5, 5.41) is 0. The van der Waals surface area contributed by atoms with Crippen LogP contribution in [0.3, 0.4) is 0 Å². The largest absolute Gasteiger partial charge is 0.481 e. The second kappa shape index (κ2) is 6.90. The Morgan fingerprint density at radius 2 is 1.95 bits per heavy atom. The van der Waals surface area contributed by atoms with Gasteiger partial charge >= 0.3 is 0 Å². The molecular formula is C12H15ClFNO4S. The van der Waals surface area contributed by atoms with Crippen LogP contribution in [0.1, 0.15) is 13.8 Å². The summed E-state index contributed by atoms with van der Waals surface area (Å²) < 4.78 is 40.7. The van der Waals surface area contributed by atoms with Crippen LogP contribution in [-0.2, 0) is 13.8 Å². The summed E-state index contributed by atoms with van der Waals surface area (Å²) in [7, 11) is 1.10. The van der Waals surface area contributed by atoms with Gasteiger partial charge in [-0.25, -0.2) is 12.8 Å². The van der Waals surface area contributed by atoms with Crippen LogP contribution >= 0.6 is 10.7 Å². The summed E-state index contributed by atoms with van der Waals surface area (Å²) in [6, 6.07) is 2.99. The number of hydrogen-bond acceptors (Lipinski definition) is 4. The van der Waals surface area contributed by atoms with Crippen molar-refractivity contribution in [2.24, 2.45) is 0 Å². The minimum atomic E-state index is -3.99. The van der Waals surface area contributed by atoms with Crippen LogP contribution in [0.2, 0.25) is 0 Å². The van der Waals surface area contributed by atoms with E-state index in [1.807, 2.05) is 13.8 Å². The Labute approximate surface area is 121 Å². The summed E-state index contributed by atoms with van der Waals surface area (Å²) in [4.78, 5) is 12.9. The molecular weight excluding hydrogens is 309 g/mol. The molecule has 8 heteroatoms. The molecule has 112 valence electrons. The monoisotopic (exact) mass is 323 g/mol. The Balaban J connectivity index is 2.78. The molecule has 0 radical (unpaired) electrons. The Kier molecular flexibility index (Phi) is 5.76. The predicted molar refractivity (Wildman–Crippen MR) is 72.9 cm³/mol. The van der Waals surface area contributed by atoms with Crippen molar-refractivity contribution in [2.75, 3.05) is 19.7 Å². The second-order valence-corrected chi connectivity index (χ2v) is 6.45. The van der Waals surface area contributed by atoms with Gasteiger partial charge in [-0.05, 0) is 32.0 Å². The number of benzene rings is 1. The van der Waals surface area contributed by atoms with Crippen LogP contribution in [0.4, 0.5) is 4.39 Å². The number of carbonyl (C=O) groups excluding carboxylic acids is 1. The summed E-state index contributed by atoms with van der Waals surface area (Å²) in [5.41, 5.74) is 0. The highest BCUT2D eigenvalue weighted by atomic mass is 35.7. The van der Waals surface area contributed by atoms with Gasteiger partial charge in [-0.3, -0.25) is 4.79 Å². The number of rotatable bonds is 6. The third-order valence-corrected chi connectivity index (χ3v) is 4.00. The first kappa shape index (κ1) is 16.7. The number of carbonyl (C=O) groups is 1. The van der Waals surface area contributed by atoms with Gasteiger partial charge in [0.25, 0.3) is 15.0 Å². The maximum absolute atomic E-state index is 13.6. The molecule has 0 N–H and O–H groups in total. The molecule has 0 unspecified atom stereocenters. The zero-order valence-corrected chi connectivity index (χ0v) is 12.7. The van der Waals surface area contributed by atoms with Gasteiger partial charge in [0.1, 0.15) is 0 Å². The van der Waals surface area contributed by atoms with Crippen molar-refractivity contribution < 1.29 is 22.3 Å². The van der Waals surface area contributed by atoms with Crippen LogP contribution in [0.15, 0.2) is 23.1 Å². The van der Waals surface area contributed by atoms with E-state index in [0.29, 0.717) is 13.1 Å². The molecule has 5 nitrogen and oxygen atoms in total. The topological polar surface area (TPSA) is 63.7 Å². The Morgan fingerprint density at radius 1 is 1.35 bits per heavy atom. The lowest BCUT2D eigenvalue weighted by Gasteiger charge is -2.18. The predicted octanol–water partition coefficient (Wildman–Crippen LogP) is 2.00. The van der Waals surface area contributed by atoms with Crippen LogP contribution in [-0.4, -0.2) is 38.9 Å². The summed E-state index contributed by atoms with van der Waals surface area (Å²) in [6.07, 6.45) is 0. The first-order valence-electron chi connectivity index (χ1n) is 5.94. The molecule has 0 saturated heterocycles. The van der Waals surface area contributed by atoms with Gasteiger partial charge in [-0.1, -0.05) is 0 Å².